The summed E-state index contributed by atoms with van der Waals surface area (Å²) in [5.41, 5.74) is 0. The predicted molar refractivity (Wildman–Crippen MR) is 315 cm³/mol. The van der Waals surface area contributed by atoms with Gasteiger partial charge in [-0.05, 0) is 83.5 Å². The highest BCUT2D eigenvalue weighted by Gasteiger charge is 2.20. The fourth-order valence-corrected chi connectivity index (χ4v) is 9.98. The van der Waals surface area contributed by atoms with Gasteiger partial charge in [-0.1, -0.05) is 288 Å². The Morgan fingerprint density at radius 3 is 1.07 bits per heavy atom. The Bertz CT molecular complexity index is 1170. The molecule has 0 rings (SSSR count). The molecule has 3 N–H and O–H groups in total. The molecule has 0 aromatic rings. The van der Waals surface area contributed by atoms with E-state index in [4.69, 9.17) is 4.74 Å². The molecule has 1 amide bonds. The minimum absolute atomic E-state index is 0.0214. The van der Waals surface area contributed by atoms with Crippen molar-refractivity contribution >= 4 is 11.9 Å². The lowest BCUT2D eigenvalue weighted by Gasteiger charge is -2.22. The monoisotopic (exact) mass is 1010 g/mol. The molecule has 0 aliphatic carbocycles. The van der Waals surface area contributed by atoms with E-state index >= 15 is 0 Å². The van der Waals surface area contributed by atoms with Gasteiger partial charge in [0.15, 0.2) is 0 Å². The zero-order valence-corrected chi connectivity index (χ0v) is 48.4. The number of amides is 1. The third-order valence-corrected chi connectivity index (χ3v) is 14.9. The molecule has 2 atom stereocenters. The first-order valence-electron chi connectivity index (χ1n) is 32.3. The Hall–Kier alpha value is -1.92. The summed E-state index contributed by atoms with van der Waals surface area (Å²) in [6.07, 6.45) is 77.3. The molecule has 6 heteroatoms. The van der Waals surface area contributed by atoms with E-state index < -0.39 is 12.1 Å². The number of aliphatic hydroxyl groups is 2. The number of hydrogen-bond donors (Lipinski definition) is 3. The van der Waals surface area contributed by atoms with Crippen LogP contribution in [0.15, 0.2) is 36.5 Å². The number of nitrogens with one attached hydrogen (secondary N) is 1. The topological polar surface area (TPSA) is 95.9 Å². The number of hydrogen-bond acceptors (Lipinski definition) is 5. The smallest absolute Gasteiger partial charge is 0.305 e. The van der Waals surface area contributed by atoms with E-state index in [-0.39, 0.29) is 18.5 Å². The fraction of sp³-hybridized carbons (Fsp3) is 0.879. The number of carbonyl (C=O) groups excluding carboxylic acids is 2. The number of esters is 1. The lowest BCUT2D eigenvalue weighted by molar-refractivity contribution is -0.143. The van der Waals surface area contributed by atoms with Gasteiger partial charge in [0, 0.05) is 12.8 Å². The molecule has 0 aliphatic rings. The highest BCUT2D eigenvalue weighted by Crippen LogP contribution is 2.18. The molecule has 0 saturated carbocycles. The molecule has 2 unspecified atom stereocenters. The Balaban J connectivity index is 3.49. The predicted octanol–water partition coefficient (Wildman–Crippen LogP) is 20.4. The van der Waals surface area contributed by atoms with Gasteiger partial charge in [0.1, 0.15) is 0 Å². The van der Waals surface area contributed by atoms with E-state index in [9.17, 15) is 19.8 Å². The van der Waals surface area contributed by atoms with Crippen LogP contribution in [0.1, 0.15) is 348 Å². The summed E-state index contributed by atoms with van der Waals surface area (Å²) in [6.45, 7) is 4.92. The number of ether oxygens (including phenoxy) is 1. The van der Waals surface area contributed by atoms with Crippen LogP contribution in [0, 0.1) is 0 Å². The van der Waals surface area contributed by atoms with E-state index in [1.807, 2.05) is 0 Å². The Labute approximate surface area is 449 Å². The number of rotatable bonds is 60. The second kappa shape index (κ2) is 61.6. The van der Waals surface area contributed by atoms with Gasteiger partial charge >= 0.3 is 5.97 Å². The molecule has 0 aliphatic heterocycles. The van der Waals surface area contributed by atoms with E-state index in [1.54, 1.807) is 0 Å². The molecule has 0 heterocycles. The molecule has 6 nitrogen and oxygen atoms in total. The average molecular weight is 1010 g/mol. The molecule has 0 saturated heterocycles. The van der Waals surface area contributed by atoms with E-state index in [2.05, 4.69) is 55.6 Å². The van der Waals surface area contributed by atoms with Gasteiger partial charge < -0.3 is 20.3 Å². The first-order chi connectivity index (χ1) is 35.5. The standard InChI is InChI=1S/C66H125NO5/c1-3-5-7-9-11-13-15-17-19-21-23-24-26-27-30-34-38-42-46-50-54-58-64(69)63(62-68)67-65(70)59-55-51-47-43-39-35-31-29-33-37-41-45-49-53-57-61-72-66(71)60-56-52-48-44-40-36-32-28-25-22-20-18-16-14-12-10-8-6-4-2/h18,20,29,33,37,41,63-64,68-69H,3-17,19,21-28,30-32,34-36,38-40,42-62H2,1-2H3,(H,67,70)/b20-18-,33-29-,41-37-. The molecule has 424 valence electrons. The summed E-state index contributed by atoms with van der Waals surface area (Å²) in [5, 5.41) is 23.4. The average Bonchev–Trinajstić information content (AvgIpc) is 3.38. The van der Waals surface area contributed by atoms with Crippen molar-refractivity contribution in [1.29, 1.82) is 0 Å². The van der Waals surface area contributed by atoms with Crippen molar-refractivity contribution in [3.63, 3.8) is 0 Å². The van der Waals surface area contributed by atoms with Gasteiger partial charge in [-0.3, -0.25) is 9.59 Å². The quantitative estimate of drug-likeness (QED) is 0.0244. The molecular formula is C66H125NO5. The maximum atomic E-state index is 12.5. The zero-order chi connectivity index (χ0) is 52.2. The van der Waals surface area contributed by atoms with Gasteiger partial charge in [0.05, 0.1) is 25.4 Å². The van der Waals surface area contributed by atoms with E-state index in [0.29, 0.717) is 25.9 Å². The molecule has 0 fully saturated rings. The van der Waals surface area contributed by atoms with Crippen LogP contribution >= 0.6 is 0 Å². The van der Waals surface area contributed by atoms with Crippen LogP contribution in [0.5, 0.6) is 0 Å². The largest absolute Gasteiger partial charge is 0.466 e. The van der Waals surface area contributed by atoms with Crippen LogP contribution in [0.3, 0.4) is 0 Å². The minimum Gasteiger partial charge on any atom is -0.466 e. The van der Waals surface area contributed by atoms with Crippen molar-refractivity contribution in [2.24, 2.45) is 0 Å². The molecule has 0 bridgehead atoms. The van der Waals surface area contributed by atoms with Gasteiger partial charge in [-0.2, -0.15) is 0 Å². The summed E-state index contributed by atoms with van der Waals surface area (Å²) in [4.78, 5) is 24.6. The minimum atomic E-state index is -0.680. The second-order valence-corrected chi connectivity index (χ2v) is 22.1. The number of unbranched alkanes of at least 4 members (excludes halogenated alkanes) is 44. The zero-order valence-electron chi connectivity index (χ0n) is 48.4. The molecular weight excluding hydrogens is 887 g/mol. The number of carbonyl (C=O) groups is 2. The van der Waals surface area contributed by atoms with Crippen LogP contribution in [0.4, 0.5) is 0 Å². The van der Waals surface area contributed by atoms with Crippen molar-refractivity contribution in [2.75, 3.05) is 13.2 Å². The van der Waals surface area contributed by atoms with Crippen molar-refractivity contribution < 1.29 is 24.5 Å². The molecule has 0 spiro atoms. The normalized spacial score (nSPS) is 12.8. The summed E-state index contributed by atoms with van der Waals surface area (Å²) in [7, 11) is 0. The van der Waals surface area contributed by atoms with Gasteiger partial charge in [-0.15, -0.1) is 0 Å². The summed E-state index contributed by atoms with van der Waals surface area (Å²) in [5.74, 6) is -0.0760. The van der Waals surface area contributed by atoms with Crippen molar-refractivity contribution in [1.82, 2.24) is 5.32 Å². The summed E-state index contributed by atoms with van der Waals surface area (Å²) >= 11 is 0. The summed E-state index contributed by atoms with van der Waals surface area (Å²) in [6, 6.07) is -0.560. The van der Waals surface area contributed by atoms with Gasteiger partial charge in [-0.25, -0.2) is 0 Å². The number of allylic oxidation sites excluding steroid dienone is 6. The fourth-order valence-electron chi connectivity index (χ4n) is 9.98. The number of aliphatic hydroxyl groups excluding tert-OH is 2. The Morgan fingerprint density at radius 2 is 0.694 bits per heavy atom. The Kier molecular flexibility index (Phi) is 60.0. The highest BCUT2D eigenvalue weighted by atomic mass is 16.5. The van der Waals surface area contributed by atoms with Gasteiger partial charge in [0.2, 0.25) is 5.91 Å². The van der Waals surface area contributed by atoms with Crippen LogP contribution < -0.4 is 5.32 Å². The molecule has 72 heavy (non-hydrogen) atoms. The first-order valence-corrected chi connectivity index (χ1v) is 32.3. The van der Waals surface area contributed by atoms with Crippen LogP contribution in [0.25, 0.3) is 0 Å². The van der Waals surface area contributed by atoms with E-state index in [1.165, 1.54) is 238 Å². The Morgan fingerprint density at radius 1 is 0.389 bits per heavy atom. The van der Waals surface area contributed by atoms with Crippen LogP contribution in [0.2, 0.25) is 0 Å². The molecule has 0 aromatic heterocycles. The van der Waals surface area contributed by atoms with Crippen LogP contribution in [-0.2, 0) is 14.3 Å². The first kappa shape index (κ1) is 70.1. The highest BCUT2D eigenvalue weighted by molar-refractivity contribution is 5.76. The SMILES string of the molecule is CCCCCCCC/C=C\CCCCCCCCCCCC(=O)OCCCCC/C=C\C=C/CCCCCCCCC(=O)NC(CO)C(O)CCCCCCCCCCCCCCCCCCCCCCC. The van der Waals surface area contributed by atoms with Crippen molar-refractivity contribution in [2.45, 2.75) is 360 Å². The third-order valence-electron chi connectivity index (χ3n) is 14.9. The van der Waals surface area contributed by atoms with Crippen molar-refractivity contribution in [3.8, 4) is 0 Å². The maximum absolute atomic E-state index is 12.5. The van der Waals surface area contributed by atoms with Crippen LogP contribution in [-0.4, -0.2) is 47.4 Å². The maximum Gasteiger partial charge on any atom is 0.305 e. The lowest BCUT2D eigenvalue weighted by atomic mass is 10.0. The lowest BCUT2D eigenvalue weighted by Crippen LogP contribution is -2.45. The molecule has 0 radical (unpaired) electrons. The van der Waals surface area contributed by atoms with Crippen molar-refractivity contribution in [3.05, 3.63) is 36.5 Å². The third kappa shape index (κ3) is 57.4. The second-order valence-electron chi connectivity index (χ2n) is 22.1. The van der Waals surface area contributed by atoms with E-state index in [0.717, 1.165) is 77.0 Å². The molecule has 0 aromatic carbocycles. The van der Waals surface area contributed by atoms with Gasteiger partial charge in [0.25, 0.3) is 0 Å². The summed E-state index contributed by atoms with van der Waals surface area (Å²) < 4.78 is 5.47.